The van der Waals surface area contributed by atoms with Gasteiger partial charge in [0, 0.05) is 25.7 Å². The third-order valence-electron chi connectivity index (χ3n) is 1.90. The number of nitrogens with one attached hydrogen (secondary N) is 1. The molecule has 7 heteroatoms. The molecular weight excluding hydrogens is 206 g/mol. The van der Waals surface area contributed by atoms with Crippen molar-refractivity contribution in [1.29, 1.82) is 0 Å². The Balaban J connectivity index is 2.46. The molecule has 3 N–H and O–H groups in total. The van der Waals surface area contributed by atoms with Crippen molar-refractivity contribution in [2.24, 2.45) is 5.73 Å². The van der Waals surface area contributed by atoms with Crippen LogP contribution in [0.4, 0.5) is 0 Å². The molecule has 1 atom stereocenters. The van der Waals surface area contributed by atoms with E-state index in [1.165, 1.54) is 4.31 Å². The van der Waals surface area contributed by atoms with Crippen molar-refractivity contribution >= 4 is 10.2 Å². The van der Waals surface area contributed by atoms with E-state index < -0.39 is 10.2 Å². The smallest absolute Gasteiger partial charge is 0.279 e. The lowest BCUT2D eigenvalue weighted by Crippen LogP contribution is -2.48. The van der Waals surface area contributed by atoms with Gasteiger partial charge in [0.15, 0.2) is 0 Å². The van der Waals surface area contributed by atoms with Crippen molar-refractivity contribution < 1.29 is 13.2 Å². The molecule has 0 bridgehead atoms. The van der Waals surface area contributed by atoms with E-state index in [1.807, 2.05) is 0 Å². The molecule has 1 fully saturated rings. The molecule has 1 saturated heterocycles. The zero-order valence-corrected chi connectivity index (χ0v) is 9.09. The highest BCUT2D eigenvalue weighted by molar-refractivity contribution is 7.87. The number of morpholine rings is 1. The Bertz CT molecular complexity index is 259. The Morgan fingerprint density at radius 3 is 2.57 bits per heavy atom. The Hall–Kier alpha value is -0.210. The summed E-state index contributed by atoms with van der Waals surface area (Å²) in [7, 11) is -3.36. The highest BCUT2D eigenvalue weighted by atomic mass is 32.2. The molecule has 0 aromatic heterocycles. The van der Waals surface area contributed by atoms with Crippen LogP contribution in [0.25, 0.3) is 0 Å². The van der Waals surface area contributed by atoms with E-state index in [2.05, 4.69) is 4.72 Å². The van der Waals surface area contributed by atoms with Gasteiger partial charge in [0.25, 0.3) is 10.2 Å². The maximum atomic E-state index is 11.6. The normalized spacial score (nSPS) is 22.1. The van der Waals surface area contributed by atoms with Crippen LogP contribution in [0.3, 0.4) is 0 Å². The first kappa shape index (κ1) is 11.9. The van der Waals surface area contributed by atoms with Crippen molar-refractivity contribution in [1.82, 2.24) is 9.03 Å². The lowest BCUT2D eigenvalue weighted by Gasteiger charge is -2.26. The number of hydrogen-bond donors (Lipinski definition) is 2. The average Bonchev–Trinajstić information content (AvgIpc) is 2.16. The number of nitrogens with zero attached hydrogens (tertiary/aromatic N) is 1. The van der Waals surface area contributed by atoms with E-state index in [0.29, 0.717) is 26.3 Å². The van der Waals surface area contributed by atoms with Gasteiger partial charge in [0.1, 0.15) is 0 Å². The maximum Gasteiger partial charge on any atom is 0.279 e. The number of hydrogen-bond acceptors (Lipinski definition) is 4. The third kappa shape index (κ3) is 3.50. The fourth-order valence-electron chi connectivity index (χ4n) is 1.12. The molecule has 6 nitrogen and oxygen atoms in total. The van der Waals surface area contributed by atoms with Gasteiger partial charge in [-0.3, -0.25) is 0 Å². The van der Waals surface area contributed by atoms with Gasteiger partial charge in [-0.2, -0.15) is 12.7 Å². The molecule has 1 rings (SSSR count). The molecule has 0 amide bonds. The molecule has 1 heterocycles. The van der Waals surface area contributed by atoms with Crippen molar-refractivity contribution in [2.75, 3.05) is 32.8 Å². The Morgan fingerprint density at radius 1 is 1.50 bits per heavy atom. The molecule has 84 valence electrons. The van der Waals surface area contributed by atoms with E-state index in [1.54, 1.807) is 6.92 Å². The molecule has 1 aliphatic rings. The summed E-state index contributed by atoms with van der Waals surface area (Å²) in [5.41, 5.74) is 5.46. The van der Waals surface area contributed by atoms with Crippen LogP contribution in [0.1, 0.15) is 6.92 Å². The van der Waals surface area contributed by atoms with E-state index in [0.717, 1.165) is 0 Å². The molecule has 0 aromatic rings. The number of rotatable bonds is 4. The predicted molar refractivity (Wildman–Crippen MR) is 53.0 cm³/mol. The summed E-state index contributed by atoms with van der Waals surface area (Å²) in [6, 6.07) is -0.175. The zero-order valence-electron chi connectivity index (χ0n) is 8.27. The highest BCUT2D eigenvalue weighted by Crippen LogP contribution is 2.02. The minimum atomic E-state index is -3.36. The van der Waals surface area contributed by atoms with Crippen LogP contribution >= 0.6 is 0 Å². The molecule has 0 aliphatic carbocycles. The van der Waals surface area contributed by atoms with Gasteiger partial charge >= 0.3 is 0 Å². The van der Waals surface area contributed by atoms with Gasteiger partial charge in [-0.25, -0.2) is 4.72 Å². The molecule has 1 unspecified atom stereocenters. The summed E-state index contributed by atoms with van der Waals surface area (Å²) in [4.78, 5) is 0. The first-order valence-electron chi connectivity index (χ1n) is 4.60. The van der Waals surface area contributed by atoms with Gasteiger partial charge in [-0.1, -0.05) is 0 Å². The Morgan fingerprint density at radius 2 is 2.07 bits per heavy atom. The van der Waals surface area contributed by atoms with Crippen molar-refractivity contribution in [3.05, 3.63) is 0 Å². The fourth-order valence-corrected chi connectivity index (χ4v) is 2.40. The van der Waals surface area contributed by atoms with Crippen LogP contribution in [0, 0.1) is 0 Å². The van der Waals surface area contributed by atoms with Crippen molar-refractivity contribution in [3.63, 3.8) is 0 Å². The molecule has 1 aliphatic heterocycles. The summed E-state index contributed by atoms with van der Waals surface area (Å²) in [6.07, 6.45) is 0. The van der Waals surface area contributed by atoms with Crippen molar-refractivity contribution in [2.45, 2.75) is 13.0 Å². The second kappa shape index (κ2) is 5.04. The number of nitrogens with two attached hydrogens (primary N) is 1. The van der Waals surface area contributed by atoms with E-state index in [9.17, 15) is 8.42 Å². The largest absolute Gasteiger partial charge is 0.379 e. The minimum Gasteiger partial charge on any atom is -0.379 e. The van der Waals surface area contributed by atoms with Gasteiger partial charge in [0.2, 0.25) is 0 Å². The average molecular weight is 223 g/mol. The van der Waals surface area contributed by atoms with Crippen LogP contribution in [0.5, 0.6) is 0 Å². The summed E-state index contributed by atoms with van der Waals surface area (Å²) in [6.45, 7) is 3.75. The van der Waals surface area contributed by atoms with E-state index in [-0.39, 0.29) is 12.6 Å². The highest BCUT2D eigenvalue weighted by Gasteiger charge is 2.23. The summed E-state index contributed by atoms with van der Waals surface area (Å²) >= 11 is 0. The molecule has 0 radical (unpaired) electrons. The van der Waals surface area contributed by atoms with E-state index >= 15 is 0 Å². The fraction of sp³-hybridized carbons (Fsp3) is 1.00. The Labute approximate surface area is 84.6 Å². The third-order valence-corrected chi connectivity index (χ3v) is 3.47. The van der Waals surface area contributed by atoms with Crippen LogP contribution in [0.15, 0.2) is 0 Å². The monoisotopic (exact) mass is 223 g/mol. The Kier molecular flexibility index (Phi) is 4.27. The summed E-state index contributed by atoms with van der Waals surface area (Å²) in [5.74, 6) is 0. The lowest BCUT2D eigenvalue weighted by atomic mass is 10.4. The molecule has 0 aromatic carbocycles. The summed E-state index contributed by atoms with van der Waals surface area (Å²) < 4.78 is 32.1. The maximum absolute atomic E-state index is 11.6. The van der Waals surface area contributed by atoms with Crippen LogP contribution in [-0.4, -0.2) is 51.6 Å². The molecule has 0 spiro atoms. The first-order valence-corrected chi connectivity index (χ1v) is 6.04. The minimum absolute atomic E-state index is 0.175. The van der Waals surface area contributed by atoms with E-state index in [4.69, 9.17) is 10.5 Å². The predicted octanol–water partition coefficient (Wildman–Crippen LogP) is -1.50. The van der Waals surface area contributed by atoms with Crippen LogP contribution in [0.2, 0.25) is 0 Å². The number of ether oxygens (including phenoxy) is 1. The second-order valence-corrected chi connectivity index (χ2v) is 5.10. The lowest BCUT2D eigenvalue weighted by molar-refractivity contribution is 0.0725. The molecule has 0 saturated carbocycles. The topological polar surface area (TPSA) is 84.7 Å². The van der Waals surface area contributed by atoms with Gasteiger partial charge in [-0.15, -0.1) is 0 Å². The quantitative estimate of drug-likeness (QED) is 0.607. The standard InChI is InChI=1S/C7H17N3O3S/c1-7(8)6-9-14(11,12)10-2-4-13-5-3-10/h7,9H,2-6,8H2,1H3. The molecule has 14 heavy (non-hydrogen) atoms. The van der Waals surface area contributed by atoms with Crippen LogP contribution < -0.4 is 10.5 Å². The zero-order chi connectivity index (χ0) is 10.6. The first-order chi connectivity index (χ1) is 6.52. The van der Waals surface area contributed by atoms with Gasteiger partial charge in [-0.05, 0) is 6.92 Å². The van der Waals surface area contributed by atoms with Gasteiger partial charge < -0.3 is 10.5 Å². The van der Waals surface area contributed by atoms with Crippen LogP contribution in [-0.2, 0) is 14.9 Å². The molecular formula is C7H17N3O3S. The second-order valence-electron chi connectivity index (χ2n) is 3.34. The summed E-state index contributed by atoms with van der Waals surface area (Å²) in [5, 5.41) is 0. The van der Waals surface area contributed by atoms with Gasteiger partial charge in [0.05, 0.1) is 13.2 Å². The van der Waals surface area contributed by atoms with Crippen molar-refractivity contribution in [3.8, 4) is 0 Å². The SMILES string of the molecule is CC(N)CNS(=O)(=O)N1CCOCC1.